The summed E-state index contributed by atoms with van der Waals surface area (Å²) in [6.45, 7) is 9.91. The number of anilines is 1. The number of hydrogen-bond donors (Lipinski definition) is 1. The third-order valence-electron chi connectivity index (χ3n) is 3.87. The Hall–Kier alpha value is -2.16. The number of aryl methyl sites for hydroxylation is 2. The second-order valence-electron chi connectivity index (χ2n) is 6.31. The molecule has 0 aliphatic rings. The molecule has 0 aromatic heterocycles. The number of unbranched alkanes of at least 4 members (excludes halogenated alkanes) is 1. The normalized spacial score (nSPS) is 11.8. The lowest BCUT2D eigenvalue weighted by atomic mass is 10.1. The lowest BCUT2D eigenvalue weighted by molar-refractivity contribution is 0.233. The van der Waals surface area contributed by atoms with Crippen LogP contribution < -0.4 is 14.8 Å². The molecule has 2 rings (SSSR count). The van der Waals surface area contributed by atoms with Gasteiger partial charge in [0.2, 0.25) is 0 Å². The second-order valence-corrected chi connectivity index (χ2v) is 6.31. The van der Waals surface area contributed by atoms with Gasteiger partial charge >= 0.3 is 0 Å². The molecule has 0 aliphatic heterocycles. The van der Waals surface area contributed by atoms with E-state index in [-0.39, 0.29) is 6.10 Å². The average molecular weight is 327 g/mol. The monoisotopic (exact) mass is 327 g/mol. The lowest BCUT2D eigenvalue weighted by Crippen LogP contribution is -2.23. The highest BCUT2D eigenvalue weighted by Gasteiger charge is 2.07. The lowest BCUT2D eigenvalue weighted by Gasteiger charge is -2.18. The summed E-state index contributed by atoms with van der Waals surface area (Å²) in [6, 6.07) is 14.4. The molecule has 0 bridgehead atoms. The maximum Gasteiger partial charge on any atom is 0.122 e. The van der Waals surface area contributed by atoms with E-state index in [1.54, 1.807) is 0 Å². The molecular weight excluding hydrogens is 298 g/mol. The van der Waals surface area contributed by atoms with Crippen LogP contribution >= 0.6 is 0 Å². The highest BCUT2D eigenvalue weighted by atomic mass is 16.5. The molecular formula is C21H29NO2. The van der Waals surface area contributed by atoms with Crippen molar-refractivity contribution in [2.75, 3.05) is 18.5 Å². The summed E-state index contributed by atoms with van der Waals surface area (Å²) in [5.41, 5.74) is 3.44. The van der Waals surface area contributed by atoms with E-state index in [4.69, 9.17) is 9.47 Å². The zero-order valence-corrected chi connectivity index (χ0v) is 15.3. The first-order valence-electron chi connectivity index (χ1n) is 8.79. The molecule has 3 nitrogen and oxygen atoms in total. The Morgan fingerprint density at radius 2 is 1.92 bits per heavy atom. The van der Waals surface area contributed by atoms with Crippen molar-refractivity contribution in [1.82, 2.24) is 0 Å². The first-order chi connectivity index (χ1) is 11.6. The van der Waals surface area contributed by atoms with Gasteiger partial charge in [-0.2, -0.15) is 0 Å². The van der Waals surface area contributed by atoms with Gasteiger partial charge in [0.15, 0.2) is 0 Å². The molecule has 0 fully saturated rings. The minimum Gasteiger partial charge on any atom is -0.494 e. The van der Waals surface area contributed by atoms with Crippen molar-refractivity contribution in [3.05, 3.63) is 53.6 Å². The molecule has 0 amide bonds. The predicted octanol–water partition coefficient (Wildman–Crippen LogP) is 5.36. The molecule has 2 aromatic rings. The van der Waals surface area contributed by atoms with Crippen LogP contribution in [0.4, 0.5) is 5.69 Å². The topological polar surface area (TPSA) is 30.5 Å². The van der Waals surface area contributed by atoms with Crippen molar-refractivity contribution >= 4 is 5.69 Å². The van der Waals surface area contributed by atoms with Gasteiger partial charge in [0.05, 0.1) is 13.2 Å². The summed E-state index contributed by atoms with van der Waals surface area (Å²) >= 11 is 0. The van der Waals surface area contributed by atoms with Crippen molar-refractivity contribution in [3.63, 3.8) is 0 Å². The van der Waals surface area contributed by atoms with Gasteiger partial charge in [0, 0.05) is 11.8 Å². The van der Waals surface area contributed by atoms with Gasteiger partial charge in [-0.25, -0.2) is 0 Å². The summed E-state index contributed by atoms with van der Waals surface area (Å²) in [6.07, 6.45) is 2.30. The third-order valence-corrected chi connectivity index (χ3v) is 3.87. The Kier molecular flexibility index (Phi) is 6.98. The van der Waals surface area contributed by atoms with Crippen molar-refractivity contribution in [3.8, 4) is 11.5 Å². The first kappa shape index (κ1) is 18.2. The van der Waals surface area contributed by atoms with Gasteiger partial charge in [-0.1, -0.05) is 31.5 Å². The zero-order chi connectivity index (χ0) is 17.4. The van der Waals surface area contributed by atoms with E-state index < -0.39 is 0 Å². The minimum atomic E-state index is 0.0789. The molecule has 0 aliphatic carbocycles. The molecule has 0 saturated heterocycles. The fraction of sp³-hybridized carbons (Fsp3) is 0.429. The molecule has 1 atom stereocenters. The first-order valence-corrected chi connectivity index (χ1v) is 8.79. The summed E-state index contributed by atoms with van der Waals surface area (Å²) in [4.78, 5) is 0. The van der Waals surface area contributed by atoms with Gasteiger partial charge in [0.1, 0.15) is 17.6 Å². The predicted molar refractivity (Wildman–Crippen MR) is 101 cm³/mol. The van der Waals surface area contributed by atoms with Crippen molar-refractivity contribution in [2.45, 2.75) is 46.6 Å². The van der Waals surface area contributed by atoms with Crippen molar-refractivity contribution < 1.29 is 9.47 Å². The summed E-state index contributed by atoms with van der Waals surface area (Å²) in [5.74, 6) is 1.87. The number of ether oxygens (including phenoxy) is 2. The van der Waals surface area contributed by atoms with Crippen LogP contribution in [0.25, 0.3) is 0 Å². The van der Waals surface area contributed by atoms with E-state index in [2.05, 4.69) is 57.3 Å². The SMILES string of the molecule is CCCCOc1cccc(NCC(C)Oc2cc(C)ccc2C)c1. The van der Waals surface area contributed by atoms with Crippen LogP contribution in [0.15, 0.2) is 42.5 Å². The zero-order valence-electron chi connectivity index (χ0n) is 15.3. The number of nitrogens with one attached hydrogen (secondary N) is 1. The van der Waals surface area contributed by atoms with E-state index >= 15 is 0 Å². The fourth-order valence-electron chi connectivity index (χ4n) is 2.38. The van der Waals surface area contributed by atoms with Crippen LogP contribution in [0.3, 0.4) is 0 Å². The van der Waals surface area contributed by atoms with Gasteiger partial charge in [0.25, 0.3) is 0 Å². The van der Waals surface area contributed by atoms with E-state index in [0.717, 1.165) is 43.2 Å². The fourth-order valence-corrected chi connectivity index (χ4v) is 2.38. The van der Waals surface area contributed by atoms with E-state index in [9.17, 15) is 0 Å². The largest absolute Gasteiger partial charge is 0.494 e. The smallest absolute Gasteiger partial charge is 0.122 e. The third kappa shape index (κ3) is 5.80. The number of benzene rings is 2. The molecule has 1 N–H and O–H groups in total. The summed E-state index contributed by atoms with van der Waals surface area (Å²) in [7, 11) is 0. The summed E-state index contributed by atoms with van der Waals surface area (Å²) in [5, 5.41) is 3.42. The van der Waals surface area contributed by atoms with Gasteiger partial charge < -0.3 is 14.8 Å². The Morgan fingerprint density at radius 3 is 2.71 bits per heavy atom. The molecule has 0 radical (unpaired) electrons. The maximum absolute atomic E-state index is 6.06. The van der Waals surface area contributed by atoms with Gasteiger partial charge in [-0.3, -0.25) is 0 Å². The molecule has 130 valence electrons. The molecule has 0 heterocycles. The Morgan fingerprint density at radius 1 is 1.08 bits per heavy atom. The molecule has 2 aromatic carbocycles. The van der Waals surface area contributed by atoms with E-state index in [1.807, 2.05) is 18.2 Å². The van der Waals surface area contributed by atoms with Crippen LogP contribution in [0, 0.1) is 13.8 Å². The van der Waals surface area contributed by atoms with E-state index in [1.165, 1.54) is 11.1 Å². The molecule has 24 heavy (non-hydrogen) atoms. The molecule has 0 saturated carbocycles. The average Bonchev–Trinajstić information content (AvgIpc) is 2.57. The Labute approximate surface area is 146 Å². The minimum absolute atomic E-state index is 0.0789. The highest BCUT2D eigenvalue weighted by Crippen LogP contribution is 2.21. The Bertz CT molecular complexity index is 639. The Balaban J connectivity index is 1.86. The standard InChI is InChI=1S/C21H29NO2/c1-5-6-12-23-20-9-7-8-19(14-20)22-15-18(4)24-21-13-16(2)10-11-17(21)3/h7-11,13-14,18,22H,5-6,12,15H2,1-4H3. The number of rotatable bonds is 9. The van der Waals surface area contributed by atoms with Crippen molar-refractivity contribution in [2.24, 2.45) is 0 Å². The van der Waals surface area contributed by atoms with Crippen LogP contribution in [-0.4, -0.2) is 19.3 Å². The maximum atomic E-state index is 6.06. The molecule has 1 unspecified atom stereocenters. The highest BCUT2D eigenvalue weighted by molar-refractivity contribution is 5.48. The molecule has 3 heteroatoms. The number of hydrogen-bond acceptors (Lipinski definition) is 3. The van der Waals surface area contributed by atoms with Crippen molar-refractivity contribution in [1.29, 1.82) is 0 Å². The van der Waals surface area contributed by atoms with E-state index in [0.29, 0.717) is 0 Å². The summed E-state index contributed by atoms with van der Waals surface area (Å²) < 4.78 is 11.8. The van der Waals surface area contributed by atoms with Gasteiger partial charge in [-0.15, -0.1) is 0 Å². The van der Waals surface area contributed by atoms with Crippen LogP contribution in [-0.2, 0) is 0 Å². The van der Waals surface area contributed by atoms with Crippen LogP contribution in [0.1, 0.15) is 37.8 Å². The van der Waals surface area contributed by atoms with Crippen LogP contribution in [0.5, 0.6) is 11.5 Å². The van der Waals surface area contributed by atoms with Crippen LogP contribution in [0.2, 0.25) is 0 Å². The second kappa shape index (κ2) is 9.21. The van der Waals surface area contributed by atoms with Gasteiger partial charge in [-0.05, 0) is 56.5 Å². The molecule has 0 spiro atoms. The quantitative estimate of drug-likeness (QED) is 0.629.